The van der Waals surface area contributed by atoms with E-state index < -0.39 is 24.2 Å². The fraction of sp³-hybridized carbons (Fsp3) is 0.714. The summed E-state index contributed by atoms with van der Waals surface area (Å²) in [4.78, 5) is 16.9. The number of aromatic nitrogens is 1. The highest BCUT2D eigenvalue weighted by molar-refractivity contribution is 5.71. The van der Waals surface area contributed by atoms with Gasteiger partial charge in [0, 0.05) is 24.9 Å². The molecule has 118 valence electrons. The molecule has 1 unspecified atom stereocenters. The molecule has 1 aromatic heterocycles. The molecule has 5 nitrogen and oxygen atoms in total. The molecule has 2 rings (SSSR count). The van der Waals surface area contributed by atoms with Crippen LogP contribution in [0.2, 0.25) is 0 Å². The average molecular weight is 302 g/mol. The van der Waals surface area contributed by atoms with E-state index in [0.29, 0.717) is 5.89 Å². The van der Waals surface area contributed by atoms with E-state index in [0.717, 1.165) is 5.69 Å². The van der Waals surface area contributed by atoms with E-state index in [1.54, 1.807) is 11.2 Å². The zero-order valence-corrected chi connectivity index (χ0v) is 12.4. The molecule has 1 aromatic rings. The van der Waals surface area contributed by atoms with Crippen molar-refractivity contribution in [2.45, 2.75) is 45.1 Å². The lowest BCUT2D eigenvalue weighted by molar-refractivity contribution is -0.167. The summed E-state index contributed by atoms with van der Waals surface area (Å²) >= 11 is 0. The average Bonchev–Trinajstić information content (AvgIpc) is 2.79. The number of aliphatic carboxylic acids is 1. The number of carboxylic acids is 1. The molecule has 21 heavy (non-hydrogen) atoms. The van der Waals surface area contributed by atoms with Gasteiger partial charge in [-0.2, -0.15) is 0 Å². The maximum Gasteiger partial charge on any atom is 0.313 e. The second kappa shape index (κ2) is 5.36. The van der Waals surface area contributed by atoms with Crippen LogP contribution >= 0.6 is 0 Å². The van der Waals surface area contributed by atoms with E-state index in [1.165, 1.54) is 0 Å². The molecule has 1 aliphatic rings. The van der Waals surface area contributed by atoms with Crippen molar-refractivity contribution in [2.24, 2.45) is 5.92 Å². The van der Waals surface area contributed by atoms with Crippen LogP contribution in [-0.2, 0) is 16.8 Å². The molecule has 1 aliphatic heterocycles. The van der Waals surface area contributed by atoms with Crippen LogP contribution in [0.3, 0.4) is 0 Å². The van der Waals surface area contributed by atoms with Gasteiger partial charge in [-0.15, -0.1) is 0 Å². The summed E-state index contributed by atoms with van der Waals surface area (Å²) in [5.74, 6) is -5.87. The van der Waals surface area contributed by atoms with Gasteiger partial charge in [0.2, 0.25) is 5.89 Å². The van der Waals surface area contributed by atoms with Crippen LogP contribution in [0.25, 0.3) is 0 Å². The molecule has 1 N–H and O–H groups in total. The maximum atomic E-state index is 13.5. The highest BCUT2D eigenvalue weighted by Crippen LogP contribution is 2.34. The minimum absolute atomic E-state index is 0.129. The SMILES string of the molecule is CC(C)(C)c1coc(CN2CCC(F)(F)C(C(=O)O)C2)n1. The number of piperidine rings is 1. The molecule has 0 radical (unpaired) electrons. The number of carboxylic acid groups (broad SMARTS) is 1. The molecule has 0 amide bonds. The normalized spacial score (nSPS) is 23.2. The molecule has 0 aromatic carbocycles. The zero-order valence-electron chi connectivity index (χ0n) is 12.4. The first-order valence-corrected chi connectivity index (χ1v) is 6.87. The van der Waals surface area contributed by atoms with Crippen LogP contribution in [0.15, 0.2) is 10.7 Å². The molecule has 1 fully saturated rings. The predicted molar refractivity (Wildman–Crippen MR) is 71.2 cm³/mol. The van der Waals surface area contributed by atoms with Crippen LogP contribution < -0.4 is 0 Å². The summed E-state index contributed by atoms with van der Waals surface area (Å²) in [7, 11) is 0. The zero-order chi connectivity index (χ0) is 15.8. The van der Waals surface area contributed by atoms with Gasteiger partial charge in [0.15, 0.2) is 0 Å². The van der Waals surface area contributed by atoms with E-state index in [2.05, 4.69) is 4.98 Å². The van der Waals surface area contributed by atoms with Gasteiger partial charge in [0.25, 0.3) is 5.92 Å². The number of likely N-dealkylation sites (tertiary alicyclic amines) is 1. The van der Waals surface area contributed by atoms with Crippen molar-refractivity contribution in [3.8, 4) is 0 Å². The summed E-state index contributed by atoms with van der Waals surface area (Å²) in [5, 5.41) is 8.92. The number of carbonyl (C=O) groups is 1. The monoisotopic (exact) mass is 302 g/mol. The minimum Gasteiger partial charge on any atom is -0.481 e. The van der Waals surface area contributed by atoms with Crippen LogP contribution in [0.5, 0.6) is 0 Å². The number of nitrogens with zero attached hydrogens (tertiary/aromatic N) is 2. The number of rotatable bonds is 3. The van der Waals surface area contributed by atoms with Gasteiger partial charge in [-0.25, -0.2) is 13.8 Å². The fourth-order valence-corrected chi connectivity index (χ4v) is 2.29. The lowest BCUT2D eigenvalue weighted by atomic mass is 9.93. The predicted octanol–water partition coefficient (Wildman–Crippen LogP) is 2.51. The van der Waals surface area contributed by atoms with E-state index in [-0.39, 0.29) is 25.0 Å². The number of oxazole rings is 1. The number of alkyl halides is 2. The Kier molecular flexibility index (Phi) is 4.06. The highest BCUT2D eigenvalue weighted by atomic mass is 19.3. The Bertz CT molecular complexity index is 523. The van der Waals surface area contributed by atoms with Gasteiger partial charge >= 0.3 is 5.97 Å². The van der Waals surface area contributed by atoms with Crippen LogP contribution in [0.4, 0.5) is 8.78 Å². The topological polar surface area (TPSA) is 66.6 Å². The van der Waals surface area contributed by atoms with Crippen LogP contribution in [-0.4, -0.2) is 40.0 Å². The molecule has 1 saturated heterocycles. The van der Waals surface area contributed by atoms with E-state index >= 15 is 0 Å². The van der Waals surface area contributed by atoms with Gasteiger partial charge in [0.05, 0.1) is 12.2 Å². The summed E-state index contributed by atoms with van der Waals surface area (Å²) in [6.07, 6.45) is 1.10. The van der Waals surface area contributed by atoms with Gasteiger partial charge in [0.1, 0.15) is 12.2 Å². The molecule has 2 heterocycles. The van der Waals surface area contributed by atoms with Crippen molar-refractivity contribution in [3.05, 3.63) is 17.8 Å². The van der Waals surface area contributed by atoms with Crippen molar-refractivity contribution < 1.29 is 23.1 Å². The third-order valence-electron chi connectivity index (χ3n) is 3.69. The molecular formula is C14H20F2N2O3. The van der Waals surface area contributed by atoms with Gasteiger partial charge in [-0.1, -0.05) is 20.8 Å². The number of hydrogen-bond donors (Lipinski definition) is 1. The molecule has 7 heteroatoms. The van der Waals surface area contributed by atoms with E-state index in [4.69, 9.17) is 9.52 Å². The Morgan fingerprint density at radius 3 is 2.76 bits per heavy atom. The van der Waals surface area contributed by atoms with Crippen molar-refractivity contribution >= 4 is 5.97 Å². The standard InChI is InChI=1S/C14H20F2N2O3/c1-13(2,3)10-8-21-11(17-10)7-18-5-4-14(15,16)9(6-18)12(19)20/h8-9H,4-7H2,1-3H3,(H,19,20). The smallest absolute Gasteiger partial charge is 0.313 e. The van der Waals surface area contributed by atoms with Crippen molar-refractivity contribution in [2.75, 3.05) is 13.1 Å². The molecule has 0 spiro atoms. The van der Waals surface area contributed by atoms with E-state index in [1.807, 2.05) is 20.8 Å². The largest absolute Gasteiger partial charge is 0.481 e. The first kappa shape index (κ1) is 15.9. The fourth-order valence-electron chi connectivity index (χ4n) is 2.29. The Morgan fingerprint density at radius 2 is 2.24 bits per heavy atom. The van der Waals surface area contributed by atoms with Crippen LogP contribution in [0.1, 0.15) is 38.8 Å². The molecular weight excluding hydrogens is 282 g/mol. The summed E-state index contributed by atoms with van der Waals surface area (Å²) < 4.78 is 32.4. The number of halogens is 2. The first-order valence-electron chi connectivity index (χ1n) is 6.87. The summed E-state index contributed by atoms with van der Waals surface area (Å²) in [5.41, 5.74) is 0.634. The molecule has 0 aliphatic carbocycles. The minimum atomic E-state index is -3.16. The Balaban J connectivity index is 2.04. The Hall–Kier alpha value is -1.50. The lowest BCUT2D eigenvalue weighted by Crippen LogP contribution is -2.50. The molecule has 0 saturated carbocycles. The summed E-state index contributed by atoms with van der Waals surface area (Å²) in [6, 6.07) is 0. The van der Waals surface area contributed by atoms with Crippen molar-refractivity contribution in [1.29, 1.82) is 0 Å². The van der Waals surface area contributed by atoms with Crippen LogP contribution in [0, 0.1) is 5.92 Å². The van der Waals surface area contributed by atoms with Gasteiger partial charge in [-0.05, 0) is 0 Å². The number of hydrogen-bond acceptors (Lipinski definition) is 4. The molecule has 0 bridgehead atoms. The van der Waals surface area contributed by atoms with Gasteiger partial charge in [-0.3, -0.25) is 9.69 Å². The maximum absolute atomic E-state index is 13.5. The highest BCUT2D eigenvalue weighted by Gasteiger charge is 2.48. The Labute approximate surface area is 122 Å². The third kappa shape index (κ3) is 3.58. The third-order valence-corrected chi connectivity index (χ3v) is 3.69. The van der Waals surface area contributed by atoms with Crippen molar-refractivity contribution in [1.82, 2.24) is 9.88 Å². The Morgan fingerprint density at radius 1 is 1.57 bits per heavy atom. The van der Waals surface area contributed by atoms with Gasteiger partial charge < -0.3 is 9.52 Å². The molecule has 1 atom stereocenters. The first-order chi connectivity index (χ1) is 9.59. The second-order valence-corrected chi connectivity index (χ2v) is 6.51. The van der Waals surface area contributed by atoms with Crippen molar-refractivity contribution in [3.63, 3.8) is 0 Å². The van der Waals surface area contributed by atoms with E-state index in [9.17, 15) is 13.6 Å². The second-order valence-electron chi connectivity index (χ2n) is 6.51. The summed E-state index contributed by atoms with van der Waals surface area (Å²) in [6.45, 7) is 6.17. The lowest BCUT2D eigenvalue weighted by Gasteiger charge is -2.35. The quantitative estimate of drug-likeness (QED) is 0.929.